The van der Waals surface area contributed by atoms with Gasteiger partial charge in [0.25, 0.3) is 0 Å². The van der Waals surface area contributed by atoms with Gasteiger partial charge < -0.3 is 19.2 Å². The van der Waals surface area contributed by atoms with Crippen molar-refractivity contribution < 1.29 is 14.6 Å². The third kappa shape index (κ3) is 2.21. The maximum absolute atomic E-state index is 10.9. The Morgan fingerprint density at radius 3 is 2.96 bits per heavy atom. The van der Waals surface area contributed by atoms with Crippen molar-refractivity contribution in [2.75, 3.05) is 0 Å². The van der Waals surface area contributed by atoms with Crippen molar-refractivity contribution in [3.8, 4) is 11.3 Å². The molecular formula is C21H18N2O3. The van der Waals surface area contributed by atoms with E-state index in [1.165, 1.54) is 11.1 Å². The summed E-state index contributed by atoms with van der Waals surface area (Å²) in [7, 11) is 0. The lowest BCUT2D eigenvalue weighted by molar-refractivity contribution is 0.154. The summed E-state index contributed by atoms with van der Waals surface area (Å²) in [5, 5.41) is 21.2. The molecule has 130 valence electrons. The number of fused-ring (bicyclic) bond motifs is 4. The molecule has 2 N–H and O–H groups in total. The van der Waals surface area contributed by atoms with E-state index in [2.05, 4.69) is 21.7 Å². The highest BCUT2D eigenvalue weighted by molar-refractivity contribution is 5.81. The standard InChI is InChI=1S/C21H18N2O3/c24-10-14-11-26-21-6-5-13(7-17(14)21)20(25)8-18-15-3-1-2-4-16(15)19-9-22-12-23(18)19/h1-7,9,11-12,18,20,24-25H,8,10H2. The van der Waals surface area contributed by atoms with Crippen LogP contribution in [-0.4, -0.2) is 19.8 Å². The fraction of sp³-hybridized carbons (Fsp3) is 0.190. The molecule has 1 aliphatic rings. The predicted octanol–water partition coefficient (Wildman–Crippen LogP) is 3.82. The number of aromatic nitrogens is 2. The molecule has 0 bridgehead atoms. The topological polar surface area (TPSA) is 71.4 Å². The summed E-state index contributed by atoms with van der Waals surface area (Å²) in [5.74, 6) is 0. The third-order valence-corrected chi connectivity index (χ3v) is 5.28. The Bertz CT molecular complexity index is 1100. The van der Waals surface area contributed by atoms with E-state index < -0.39 is 6.10 Å². The fourth-order valence-electron chi connectivity index (χ4n) is 3.95. The molecule has 1 aliphatic heterocycles. The van der Waals surface area contributed by atoms with Crippen LogP contribution in [-0.2, 0) is 6.61 Å². The number of hydrogen-bond acceptors (Lipinski definition) is 4. The first kappa shape index (κ1) is 15.4. The highest BCUT2D eigenvalue weighted by Gasteiger charge is 2.30. The van der Waals surface area contributed by atoms with Gasteiger partial charge in [-0.25, -0.2) is 4.98 Å². The molecule has 3 heterocycles. The van der Waals surface area contributed by atoms with Crippen LogP contribution in [0.1, 0.15) is 35.3 Å². The molecule has 2 aromatic carbocycles. The lowest BCUT2D eigenvalue weighted by Crippen LogP contribution is -2.10. The van der Waals surface area contributed by atoms with Crippen LogP contribution in [0, 0.1) is 0 Å². The van der Waals surface area contributed by atoms with Crippen molar-refractivity contribution in [2.24, 2.45) is 0 Å². The van der Waals surface area contributed by atoms with Crippen LogP contribution in [0.4, 0.5) is 0 Å². The number of benzene rings is 2. The van der Waals surface area contributed by atoms with Crippen LogP contribution < -0.4 is 0 Å². The average molecular weight is 346 g/mol. The SMILES string of the molecule is OCc1coc2ccc(C(O)CC3c4ccccc4-c4cncn43)cc12. The van der Waals surface area contributed by atoms with E-state index in [-0.39, 0.29) is 12.6 Å². The Morgan fingerprint density at radius 2 is 2.08 bits per heavy atom. The zero-order chi connectivity index (χ0) is 17.7. The van der Waals surface area contributed by atoms with Gasteiger partial charge in [-0.2, -0.15) is 0 Å². The molecule has 4 aromatic rings. The zero-order valence-corrected chi connectivity index (χ0v) is 14.0. The van der Waals surface area contributed by atoms with Crippen molar-refractivity contribution in [1.82, 2.24) is 9.55 Å². The molecule has 5 heteroatoms. The Labute approximate surface area is 150 Å². The summed E-state index contributed by atoms with van der Waals surface area (Å²) in [6.45, 7) is -0.0824. The van der Waals surface area contributed by atoms with E-state index in [9.17, 15) is 10.2 Å². The minimum Gasteiger partial charge on any atom is -0.464 e. The van der Waals surface area contributed by atoms with Crippen LogP contribution in [0.5, 0.6) is 0 Å². The van der Waals surface area contributed by atoms with Gasteiger partial charge in [0.1, 0.15) is 5.58 Å². The minimum atomic E-state index is -0.632. The van der Waals surface area contributed by atoms with Crippen molar-refractivity contribution >= 4 is 11.0 Å². The number of aliphatic hydroxyl groups is 2. The molecule has 2 aromatic heterocycles. The quantitative estimate of drug-likeness (QED) is 0.589. The van der Waals surface area contributed by atoms with Crippen LogP contribution in [0.3, 0.4) is 0 Å². The van der Waals surface area contributed by atoms with E-state index in [0.29, 0.717) is 12.0 Å². The summed E-state index contributed by atoms with van der Waals surface area (Å²) in [5.41, 5.74) is 5.75. The van der Waals surface area contributed by atoms with Gasteiger partial charge in [0.05, 0.1) is 43.2 Å². The van der Waals surface area contributed by atoms with E-state index in [1.807, 2.05) is 42.9 Å². The Morgan fingerprint density at radius 1 is 1.19 bits per heavy atom. The first-order valence-corrected chi connectivity index (χ1v) is 8.66. The van der Waals surface area contributed by atoms with Crippen LogP contribution in [0.2, 0.25) is 0 Å². The molecule has 26 heavy (non-hydrogen) atoms. The molecule has 5 rings (SSSR count). The van der Waals surface area contributed by atoms with E-state index in [4.69, 9.17) is 4.42 Å². The molecular weight excluding hydrogens is 328 g/mol. The van der Waals surface area contributed by atoms with Crippen LogP contribution in [0.15, 0.2) is 65.7 Å². The second kappa shape index (κ2) is 5.83. The van der Waals surface area contributed by atoms with Gasteiger partial charge in [-0.1, -0.05) is 30.3 Å². The molecule has 0 radical (unpaired) electrons. The van der Waals surface area contributed by atoms with Gasteiger partial charge in [0.2, 0.25) is 0 Å². The highest BCUT2D eigenvalue weighted by Crippen LogP contribution is 2.43. The zero-order valence-electron chi connectivity index (χ0n) is 14.0. The second-order valence-electron chi connectivity index (χ2n) is 6.72. The average Bonchev–Trinajstić information content (AvgIpc) is 3.37. The van der Waals surface area contributed by atoms with Crippen molar-refractivity contribution in [1.29, 1.82) is 0 Å². The maximum Gasteiger partial charge on any atom is 0.134 e. The molecule has 0 saturated heterocycles. The largest absolute Gasteiger partial charge is 0.464 e. The normalized spacial score (nSPS) is 16.6. The van der Waals surface area contributed by atoms with Gasteiger partial charge >= 0.3 is 0 Å². The Hall–Kier alpha value is -2.89. The first-order valence-electron chi connectivity index (χ1n) is 8.66. The Balaban J connectivity index is 1.50. The fourth-order valence-corrected chi connectivity index (χ4v) is 3.95. The third-order valence-electron chi connectivity index (χ3n) is 5.28. The van der Waals surface area contributed by atoms with E-state index in [1.54, 1.807) is 6.26 Å². The van der Waals surface area contributed by atoms with Crippen LogP contribution in [0.25, 0.3) is 22.2 Å². The highest BCUT2D eigenvalue weighted by atomic mass is 16.3. The van der Waals surface area contributed by atoms with E-state index >= 15 is 0 Å². The summed E-state index contributed by atoms with van der Waals surface area (Å²) in [6, 6.07) is 14.0. The van der Waals surface area contributed by atoms with Gasteiger partial charge in [-0.05, 0) is 23.3 Å². The smallest absolute Gasteiger partial charge is 0.134 e. The lowest BCUT2D eigenvalue weighted by atomic mass is 9.95. The molecule has 2 atom stereocenters. The van der Waals surface area contributed by atoms with Crippen molar-refractivity contribution in [3.05, 3.63) is 77.9 Å². The summed E-state index contributed by atoms with van der Waals surface area (Å²) in [4.78, 5) is 4.27. The summed E-state index contributed by atoms with van der Waals surface area (Å²) >= 11 is 0. The van der Waals surface area contributed by atoms with Gasteiger partial charge in [0, 0.05) is 22.9 Å². The van der Waals surface area contributed by atoms with Crippen molar-refractivity contribution in [2.45, 2.75) is 25.2 Å². The minimum absolute atomic E-state index is 0.0519. The van der Waals surface area contributed by atoms with Gasteiger partial charge in [-0.15, -0.1) is 0 Å². The van der Waals surface area contributed by atoms with E-state index in [0.717, 1.165) is 22.2 Å². The van der Waals surface area contributed by atoms with Crippen molar-refractivity contribution in [3.63, 3.8) is 0 Å². The molecule has 0 aliphatic carbocycles. The number of furan rings is 1. The first-order chi connectivity index (χ1) is 12.8. The lowest BCUT2D eigenvalue weighted by Gasteiger charge is -2.19. The maximum atomic E-state index is 10.9. The molecule has 0 spiro atoms. The summed E-state index contributed by atoms with van der Waals surface area (Å²) < 4.78 is 7.57. The van der Waals surface area contributed by atoms with Gasteiger partial charge in [0.15, 0.2) is 0 Å². The number of imidazole rings is 1. The predicted molar refractivity (Wildman–Crippen MR) is 97.5 cm³/mol. The second-order valence-corrected chi connectivity index (χ2v) is 6.72. The molecule has 2 unspecified atom stereocenters. The molecule has 5 nitrogen and oxygen atoms in total. The molecule has 0 fully saturated rings. The van der Waals surface area contributed by atoms with Gasteiger partial charge in [-0.3, -0.25) is 0 Å². The Kier molecular flexibility index (Phi) is 3.45. The monoisotopic (exact) mass is 346 g/mol. The number of hydrogen-bond donors (Lipinski definition) is 2. The number of nitrogens with zero attached hydrogens (tertiary/aromatic N) is 2. The number of rotatable bonds is 4. The summed E-state index contributed by atoms with van der Waals surface area (Å²) in [6.07, 6.45) is 5.18. The number of aliphatic hydroxyl groups excluding tert-OH is 2. The molecule has 0 amide bonds. The molecule has 0 saturated carbocycles. The van der Waals surface area contributed by atoms with Crippen LogP contribution >= 0.6 is 0 Å².